The normalized spacial score (nSPS) is 15.7. The number of nitrogens with one attached hydrogen (secondary N) is 1. The molecular formula is C20H27ClN2O4. The molecule has 1 heterocycles. The van der Waals surface area contributed by atoms with Crippen molar-refractivity contribution in [2.45, 2.75) is 45.3 Å². The Balaban J connectivity index is 1.84. The van der Waals surface area contributed by atoms with Gasteiger partial charge >= 0.3 is 6.09 Å². The number of nitrogens with zero attached hydrogens (tertiary/aromatic N) is 1. The lowest BCUT2D eigenvalue weighted by atomic mass is 10.1. The first kappa shape index (κ1) is 21.1. The van der Waals surface area contributed by atoms with Crippen molar-refractivity contribution in [2.24, 2.45) is 0 Å². The minimum atomic E-state index is -0.506. The number of carbonyl (C=O) groups excluding carboxylic acids is 2. The van der Waals surface area contributed by atoms with Gasteiger partial charge in [-0.2, -0.15) is 0 Å². The zero-order valence-corrected chi connectivity index (χ0v) is 17.0. The molecule has 0 aliphatic carbocycles. The third kappa shape index (κ3) is 6.79. The van der Waals surface area contributed by atoms with E-state index < -0.39 is 5.60 Å². The maximum atomic E-state index is 12.2. The molecule has 1 aliphatic heterocycles. The Labute approximate surface area is 165 Å². The van der Waals surface area contributed by atoms with Gasteiger partial charge in [0.05, 0.1) is 7.11 Å². The second-order valence-electron chi connectivity index (χ2n) is 7.47. The molecule has 0 spiro atoms. The van der Waals surface area contributed by atoms with Gasteiger partial charge in [-0.15, -0.1) is 0 Å². The van der Waals surface area contributed by atoms with Crippen LogP contribution in [0, 0.1) is 0 Å². The molecule has 2 rings (SSSR count). The molecule has 1 aliphatic rings. The van der Waals surface area contributed by atoms with E-state index in [1.54, 1.807) is 36.3 Å². The zero-order valence-electron chi connectivity index (χ0n) is 16.3. The van der Waals surface area contributed by atoms with Gasteiger partial charge in [0.1, 0.15) is 11.4 Å². The number of ether oxygens (including phenoxy) is 2. The maximum Gasteiger partial charge on any atom is 0.410 e. The van der Waals surface area contributed by atoms with Crippen molar-refractivity contribution in [1.82, 2.24) is 10.2 Å². The Morgan fingerprint density at radius 2 is 1.93 bits per heavy atom. The molecule has 6 nitrogen and oxygen atoms in total. The summed E-state index contributed by atoms with van der Waals surface area (Å²) in [5.41, 5.74) is 0.230. The third-order valence-electron chi connectivity index (χ3n) is 4.10. The number of methoxy groups -OCH3 is 1. The maximum absolute atomic E-state index is 12.2. The van der Waals surface area contributed by atoms with Gasteiger partial charge in [0.25, 0.3) is 0 Å². The lowest BCUT2D eigenvalue weighted by Gasteiger charge is -2.33. The van der Waals surface area contributed by atoms with Crippen LogP contribution < -0.4 is 10.1 Å². The fourth-order valence-electron chi connectivity index (χ4n) is 2.78. The van der Waals surface area contributed by atoms with Crippen LogP contribution in [-0.4, -0.2) is 48.7 Å². The van der Waals surface area contributed by atoms with E-state index in [-0.39, 0.29) is 18.0 Å². The molecule has 7 heteroatoms. The van der Waals surface area contributed by atoms with E-state index >= 15 is 0 Å². The fraction of sp³-hybridized carbons (Fsp3) is 0.500. The van der Waals surface area contributed by atoms with Crippen molar-refractivity contribution in [2.75, 3.05) is 20.2 Å². The predicted octanol–water partition coefficient (Wildman–Crippen LogP) is 3.88. The summed E-state index contributed by atoms with van der Waals surface area (Å²) in [6.45, 7) is 6.66. The summed E-state index contributed by atoms with van der Waals surface area (Å²) in [5.74, 6) is 0.460. The van der Waals surface area contributed by atoms with Crippen LogP contribution >= 0.6 is 11.6 Å². The summed E-state index contributed by atoms with van der Waals surface area (Å²) in [6, 6.07) is 5.26. The average Bonchev–Trinajstić information content (AvgIpc) is 2.59. The Bertz CT molecular complexity index is 704. The molecule has 0 radical (unpaired) electrons. The summed E-state index contributed by atoms with van der Waals surface area (Å²) < 4.78 is 10.6. The fourth-order valence-corrected chi connectivity index (χ4v) is 2.96. The van der Waals surface area contributed by atoms with Gasteiger partial charge in [-0.1, -0.05) is 11.6 Å². The number of amides is 2. The molecule has 1 N–H and O–H groups in total. The summed E-state index contributed by atoms with van der Waals surface area (Å²) in [4.78, 5) is 25.9. The van der Waals surface area contributed by atoms with Crippen LogP contribution in [0.2, 0.25) is 5.02 Å². The summed E-state index contributed by atoms with van der Waals surface area (Å²) in [5, 5.41) is 3.55. The average molecular weight is 395 g/mol. The number of halogens is 1. The number of carbonyl (C=O) groups is 2. The predicted molar refractivity (Wildman–Crippen MR) is 106 cm³/mol. The van der Waals surface area contributed by atoms with Gasteiger partial charge in [0.2, 0.25) is 5.91 Å². The quantitative estimate of drug-likeness (QED) is 0.787. The molecule has 1 saturated heterocycles. The Kier molecular flexibility index (Phi) is 7.13. The van der Waals surface area contributed by atoms with Crippen LogP contribution in [0.25, 0.3) is 6.08 Å². The Morgan fingerprint density at radius 1 is 1.26 bits per heavy atom. The van der Waals surface area contributed by atoms with Crippen molar-refractivity contribution < 1.29 is 19.1 Å². The van der Waals surface area contributed by atoms with Crippen molar-refractivity contribution in [3.8, 4) is 5.75 Å². The largest absolute Gasteiger partial charge is 0.496 e. The topological polar surface area (TPSA) is 67.9 Å². The van der Waals surface area contributed by atoms with Crippen LogP contribution in [0.3, 0.4) is 0 Å². The summed E-state index contributed by atoms with van der Waals surface area (Å²) in [6.07, 6.45) is 4.23. The highest BCUT2D eigenvalue weighted by molar-refractivity contribution is 6.30. The molecule has 0 unspecified atom stereocenters. The SMILES string of the molecule is COc1ccc(Cl)cc1/C=C/C(=O)NC1CCN(C(=O)OC(C)(C)C)CC1. The molecule has 1 aromatic carbocycles. The summed E-state index contributed by atoms with van der Waals surface area (Å²) >= 11 is 5.99. The van der Waals surface area contributed by atoms with Gasteiger partial charge in [-0.05, 0) is 57.9 Å². The standard InChI is InChI=1S/C20H27ClN2O4/c1-20(2,3)27-19(25)23-11-9-16(10-12-23)22-18(24)8-5-14-13-15(21)6-7-17(14)26-4/h5-8,13,16H,9-12H2,1-4H3,(H,22,24)/b8-5+. The number of hydrogen-bond donors (Lipinski definition) is 1. The first-order chi connectivity index (χ1) is 12.7. The second-order valence-corrected chi connectivity index (χ2v) is 7.91. The summed E-state index contributed by atoms with van der Waals surface area (Å²) in [7, 11) is 1.57. The van der Waals surface area contributed by atoms with E-state index in [4.69, 9.17) is 21.1 Å². The second kappa shape index (κ2) is 9.13. The van der Waals surface area contributed by atoms with Crippen LogP contribution in [0.5, 0.6) is 5.75 Å². The van der Waals surface area contributed by atoms with E-state index in [0.29, 0.717) is 36.7 Å². The molecular weight excluding hydrogens is 368 g/mol. The molecule has 2 amide bonds. The van der Waals surface area contributed by atoms with Crippen LogP contribution in [0.4, 0.5) is 4.79 Å². The van der Waals surface area contributed by atoms with Gasteiger partial charge in [-0.3, -0.25) is 4.79 Å². The Hall–Kier alpha value is -2.21. The van der Waals surface area contributed by atoms with E-state index in [9.17, 15) is 9.59 Å². The van der Waals surface area contributed by atoms with Crippen molar-refractivity contribution in [1.29, 1.82) is 0 Å². The lowest BCUT2D eigenvalue weighted by Crippen LogP contribution is -2.47. The molecule has 148 valence electrons. The highest BCUT2D eigenvalue weighted by atomic mass is 35.5. The van der Waals surface area contributed by atoms with Gasteiger partial charge < -0.3 is 19.7 Å². The Morgan fingerprint density at radius 3 is 2.52 bits per heavy atom. The number of rotatable bonds is 4. The highest BCUT2D eigenvalue weighted by Gasteiger charge is 2.27. The molecule has 0 saturated carbocycles. The first-order valence-corrected chi connectivity index (χ1v) is 9.36. The molecule has 1 fully saturated rings. The highest BCUT2D eigenvalue weighted by Crippen LogP contribution is 2.23. The molecule has 0 atom stereocenters. The zero-order chi connectivity index (χ0) is 20.0. The molecule has 0 aromatic heterocycles. The number of benzene rings is 1. The van der Waals surface area contributed by atoms with E-state index in [1.807, 2.05) is 20.8 Å². The minimum absolute atomic E-state index is 0.0297. The van der Waals surface area contributed by atoms with E-state index in [1.165, 1.54) is 6.08 Å². The van der Waals surface area contributed by atoms with Gasteiger partial charge in [0, 0.05) is 35.8 Å². The monoisotopic (exact) mass is 394 g/mol. The van der Waals surface area contributed by atoms with E-state index in [0.717, 1.165) is 5.56 Å². The first-order valence-electron chi connectivity index (χ1n) is 8.98. The van der Waals surface area contributed by atoms with Crippen molar-refractivity contribution >= 4 is 29.7 Å². The third-order valence-corrected chi connectivity index (χ3v) is 4.33. The van der Waals surface area contributed by atoms with Crippen molar-refractivity contribution in [3.05, 3.63) is 34.9 Å². The smallest absolute Gasteiger partial charge is 0.410 e. The number of hydrogen-bond acceptors (Lipinski definition) is 4. The number of likely N-dealkylation sites (tertiary alicyclic amines) is 1. The minimum Gasteiger partial charge on any atom is -0.496 e. The molecule has 0 bridgehead atoms. The van der Waals surface area contributed by atoms with Gasteiger partial charge in [-0.25, -0.2) is 4.79 Å². The van der Waals surface area contributed by atoms with Crippen LogP contribution in [-0.2, 0) is 9.53 Å². The van der Waals surface area contributed by atoms with E-state index in [2.05, 4.69) is 5.32 Å². The van der Waals surface area contributed by atoms with Gasteiger partial charge in [0.15, 0.2) is 0 Å². The molecule has 27 heavy (non-hydrogen) atoms. The molecule has 1 aromatic rings. The van der Waals surface area contributed by atoms with Crippen LogP contribution in [0.1, 0.15) is 39.2 Å². The van der Waals surface area contributed by atoms with Crippen molar-refractivity contribution in [3.63, 3.8) is 0 Å². The number of piperidine rings is 1. The van der Waals surface area contributed by atoms with Crippen LogP contribution in [0.15, 0.2) is 24.3 Å². The lowest BCUT2D eigenvalue weighted by molar-refractivity contribution is -0.117.